The van der Waals surface area contributed by atoms with Crippen molar-refractivity contribution in [1.82, 2.24) is 9.78 Å². The van der Waals surface area contributed by atoms with Gasteiger partial charge in [-0.3, -0.25) is 9.48 Å². The number of anilines is 1. The lowest BCUT2D eigenvalue weighted by Gasteiger charge is -2.07. The molecule has 122 valence electrons. The highest BCUT2D eigenvalue weighted by Gasteiger charge is 2.10. The minimum atomic E-state index is -0.123. The number of aromatic nitrogens is 2. The van der Waals surface area contributed by atoms with Gasteiger partial charge in [-0.15, -0.1) is 0 Å². The number of nitrogens with zero attached hydrogens (tertiary/aromatic N) is 2. The van der Waals surface area contributed by atoms with Crippen molar-refractivity contribution in [3.05, 3.63) is 82.1 Å². The zero-order chi connectivity index (χ0) is 17.1. The van der Waals surface area contributed by atoms with Gasteiger partial charge in [-0.2, -0.15) is 5.10 Å². The Balaban J connectivity index is 1.70. The van der Waals surface area contributed by atoms with E-state index in [9.17, 15) is 4.79 Å². The highest BCUT2D eigenvalue weighted by atomic mass is 35.5. The van der Waals surface area contributed by atoms with E-state index < -0.39 is 0 Å². The fourth-order valence-electron chi connectivity index (χ4n) is 2.47. The molecule has 0 fully saturated rings. The second kappa shape index (κ2) is 6.89. The molecule has 1 heterocycles. The van der Waals surface area contributed by atoms with E-state index in [1.165, 1.54) is 0 Å². The zero-order valence-corrected chi connectivity index (χ0v) is 14.3. The summed E-state index contributed by atoms with van der Waals surface area (Å²) in [5.74, 6) is -0.123. The third kappa shape index (κ3) is 3.84. The summed E-state index contributed by atoms with van der Waals surface area (Å²) in [5.41, 5.74) is 4.46. The summed E-state index contributed by atoms with van der Waals surface area (Å²) >= 11 is 5.89. The molecule has 0 spiro atoms. The van der Waals surface area contributed by atoms with E-state index in [0.29, 0.717) is 22.8 Å². The number of halogens is 1. The molecule has 1 aromatic heterocycles. The molecule has 24 heavy (non-hydrogen) atoms. The molecule has 0 atom stereocenters. The van der Waals surface area contributed by atoms with Gasteiger partial charge in [0.15, 0.2) is 0 Å². The Morgan fingerprint density at radius 3 is 2.67 bits per heavy atom. The van der Waals surface area contributed by atoms with Gasteiger partial charge in [0.25, 0.3) is 5.91 Å². The van der Waals surface area contributed by atoms with Gasteiger partial charge in [-0.1, -0.05) is 41.4 Å². The fraction of sp³-hybridized carbons (Fsp3) is 0.158. The van der Waals surface area contributed by atoms with Crippen molar-refractivity contribution in [3.8, 4) is 0 Å². The molecule has 0 aliphatic rings. The molecule has 5 heteroatoms. The molecule has 0 unspecified atom stereocenters. The van der Waals surface area contributed by atoms with E-state index in [0.717, 1.165) is 16.7 Å². The Morgan fingerprint density at radius 1 is 1.17 bits per heavy atom. The summed E-state index contributed by atoms with van der Waals surface area (Å²) in [5, 5.41) is 7.90. The second-order valence-corrected chi connectivity index (χ2v) is 6.26. The molecular formula is C19H18ClN3O. The van der Waals surface area contributed by atoms with Crippen molar-refractivity contribution in [2.45, 2.75) is 20.4 Å². The average molecular weight is 340 g/mol. The summed E-state index contributed by atoms with van der Waals surface area (Å²) in [4.78, 5) is 12.4. The van der Waals surface area contributed by atoms with Crippen LogP contribution in [0, 0.1) is 13.8 Å². The number of aryl methyl sites for hydroxylation is 2. The lowest BCUT2D eigenvalue weighted by Crippen LogP contribution is -2.13. The number of nitrogens with one attached hydrogen (secondary N) is 1. The molecule has 1 N–H and O–H groups in total. The monoisotopic (exact) mass is 339 g/mol. The number of carbonyl (C=O) groups excluding carboxylic acids is 1. The van der Waals surface area contributed by atoms with Gasteiger partial charge in [0, 0.05) is 16.8 Å². The number of hydrogen-bond donors (Lipinski definition) is 1. The SMILES string of the molecule is Cc1ccc(C)c(C(=O)Nc2cnn(Cc3ccc(Cl)cc3)c2)c1. The van der Waals surface area contributed by atoms with Gasteiger partial charge in [0.2, 0.25) is 0 Å². The van der Waals surface area contributed by atoms with Crippen LogP contribution in [0.2, 0.25) is 5.02 Å². The van der Waals surface area contributed by atoms with E-state index >= 15 is 0 Å². The van der Waals surface area contributed by atoms with Crippen molar-refractivity contribution >= 4 is 23.2 Å². The largest absolute Gasteiger partial charge is 0.319 e. The first kappa shape index (κ1) is 16.3. The molecule has 2 aromatic carbocycles. The molecule has 3 rings (SSSR count). The predicted molar refractivity (Wildman–Crippen MR) is 96.7 cm³/mol. The first-order chi connectivity index (χ1) is 11.5. The van der Waals surface area contributed by atoms with Gasteiger partial charge in [-0.25, -0.2) is 0 Å². The van der Waals surface area contributed by atoms with Crippen LogP contribution in [0.25, 0.3) is 0 Å². The Bertz CT molecular complexity index is 869. The van der Waals surface area contributed by atoms with E-state index in [4.69, 9.17) is 11.6 Å². The molecule has 0 bridgehead atoms. The molecule has 4 nitrogen and oxygen atoms in total. The lowest BCUT2D eigenvalue weighted by molar-refractivity contribution is 0.102. The molecule has 0 radical (unpaired) electrons. The standard InChI is InChI=1S/C19H18ClN3O/c1-13-3-4-14(2)18(9-13)19(24)22-17-10-21-23(12-17)11-15-5-7-16(20)8-6-15/h3-10,12H,11H2,1-2H3,(H,22,24). The Hall–Kier alpha value is -2.59. The van der Waals surface area contributed by atoms with Crippen LogP contribution in [0.5, 0.6) is 0 Å². The third-order valence-corrected chi connectivity index (χ3v) is 4.04. The molecule has 0 saturated carbocycles. The predicted octanol–water partition coefficient (Wildman–Crippen LogP) is 4.45. The summed E-state index contributed by atoms with van der Waals surface area (Å²) in [6.45, 7) is 4.52. The van der Waals surface area contributed by atoms with E-state index in [1.54, 1.807) is 10.9 Å². The van der Waals surface area contributed by atoms with Gasteiger partial charge < -0.3 is 5.32 Å². The Morgan fingerprint density at radius 2 is 1.92 bits per heavy atom. The number of carbonyl (C=O) groups is 1. The molecule has 1 amide bonds. The molecule has 0 aliphatic carbocycles. The average Bonchev–Trinajstić information content (AvgIpc) is 2.99. The van der Waals surface area contributed by atoms with Crippen molar-refractivity contribution < 1.29 is 4.79 Å². The molecule has 0 saturated heterocycles. The maximum atomic E-state index is 12.4. The van der Waals surface area contributed by atoms with Crippen LogP contribution in [0.4, 0.5) is 5.69 Å². The van der Waals surface area contributed by atoms with Crippen molar-refractivity contribution in [2.24, 2.45) is 0 Å². The molecule has 0 aliphatic heterocycles. The minimum absolute atomic E-state index is 0.123. The summed E-state index contributed by atoms with van der Waals surface area (Å²) < 4.78 is 1.78. The van der Waals surface area contributed by atoms with Crippen molar-refractivity contribution in [1.29, 1.82) is 0 Å². The van der Waals surface area contributed by atoms with Gasteiger partial charge in [-0.05, 0) is 43.2 Å². The van der Waals surface area contributed by atoms with E-state index in [2.05, 4.69) is 10.4 Å². The first-order valence-corrected chi connectivity index (χ1v) is 8.04. The minimum Gasteiger partial charge on any atom is -0.319 e. The Labute approximate surface area is 146 Å². The first-order valence-electron chi connectivity index (χ1n) is 7.67. The fourth-order valence-corrected chi connectivity index (χ4v) is 2.60. The number of rotatable bonds is 4. The van der Waals surface area contributed by atoms with Crippen LogP contribution >= 0.6 is 11.6 Å². The summed E-state index contributed by atoms with van der Waals surface area (Å²) in [6, 6.07) is 13.5. The van der Waals surface area contributed by atoms with Crippen LogP contribution in [0.15, 0.2) is 54.9 Å². The van der Waals surface area contributed by atoms with Crippen molar-refractivity contribution in [3.63, 3.8) is 0 Å². The van der Waals surface area contributed by atoms with Gasteiger partial charge in [0.1, 0.15) is 0 Å². The number of amides is 1. The number of hydrogen-bond acceptors (Lipinski definition) is 2. The lowest BCUT2D eigenvalue weighted by atomic mass is 10.1. The smallest absolute Gasteiger partial charge is 0.256 e. The topological polar surface area (TPSA) is 46.9 Å². The highest BCUT2D eigenvalue weighted by Crippen LogP contribution is 2.15. The number of benzene rings is 2. The Kier molecular flexibility index (Phi) is 4.67. The highest BCUT2D eigenvalue weighted by molar-refractivity contribution is 6.30. The van der Waals surface area contributed by atoms with Gasteiger partial charge >= 0.3 is 0 Å². The molecule has 3 aromatic rings. The zero-order valence-electron chi connectivity index (χ0n) is 13.6. The van der Waals surface area contributed by atoms with Gasteiger partial charge in [0.05, 0.1) is 18.4 Å². The normalized spacial score (nSPS) is 10.6. The van der Waals surface area contributed by atoms with Crippen LogP contribution in [-0.2, 0) is 6.54 Å². The van der Waals surface area contributed by atoms with E-state index in [1.807, 2.05) is 62.5 Å². The maximum Gasteiger partial charge on any atom is 0.256 e. The van der Waals surface area contributed by atoms with E-state index in [-0.39, 0.29) is 5.91 Å². The second-order valence-electron chi connectivity index (χ2n) is 5.83. The summed E-state index contributed by atoms with van der Waals surface area (Å²) in [6.07, 6.45) is 3.47. The van der Waals surface area contributed by atoms with Crippen LogP contribution in [-0.4, -0.2) is 15.7 Å². The summed E-state index contributed by atoms with van der Waals surface area (Å²) in [7, 11) is 0. The van der Waals surface area contributed by atoms with Crippen LogP contribution < -0.4 is 5.32 Å². The van der Waals surface area contributed by atoms with Crippen LogP contribution in [0.3, 0.4) is 0 Å². The quantitative estimate of drug-likeness (QED) is 0.763. The van der Waals surface area contributed by atoms with Crippen LogP contribution in [0.1, 0.15) is 27.0 Å². The third-order valence-electron chi connectivity index (χ3n) is 3.79. The molecular weight excluding hydrogens is 322 g/mol. The maximum absolute atomic E-state index is 12.4. The van der Waals surface area contributed by atoms with Crippen molar-refractivity contribution in [2.75, 3.05) is 5.32 Å².